The third kappa shape index (κ3) is 3.53. The largest absolute Gasteiger partial charge is 0.298 e. The third-order valence-electron chi connectivity index (χ3n) is 4.48. The van der Waals surface area contributed by atoms with Crippen LogP contribution in [0.5, 0.6) is 0 Å². The normalized spacial score (nSPS) is 22.7. The van der Waals surface area contributed by atoms with E-state index in [1.807, 2.05) is 24.3 Å². The average molecular weight is 289 g/mol. The summed E-state index contributed by atoms with van der Waals surface area (Å²) in [4.78, 5) is 17.1. The van der Waals surface area contributed by atoms with Crippen molar-refractivity contribution in [2.45, 2.75) is 71.1 Å². The molecule has 2 rings (SSSR count). The van der Waals surface area contributed by atoms with Gasteiger partial charge in [-0.2, -0.15) is 5.06 Å². The Kier molecular flexibility index (Phi) is 4.54. The van der Waals surface area contributed by atoms with E-state index in [1.54, 1.807) is 0 Å². The molecule has 1 fully saturated rings. The molecule has 0 aliphatic carbocycles. The third-order valence-corrected chi connectivity index (χ3v) is 4.48. The summed E-state index contributed by atoms with van der Waals surface area (Å²) in [6.45, 7) is 11.1. The second-order valence-electron chi connectivity index (χ2n) is 7.30. The minimum Gasteiger partial charge on any atom is -0.298 e. The van der Waals surface area contributed by atoms with Crippen LogP contribution in [-0.4, -0.2) is 22.4 Å². The number of benzene rings is 1. The minimum absolute atomic E-state index is 0.0256. The van der Waals surface area contributed by atoms with Gasteiger partial charge in [0.2, 0.25) is 0 Å². The monoisotopic (exact) mass is 289 g/mol. The highest BCUT2D eigenvalue weighted by Gasteiger charge is 2.43. The summed E-state index contributed by atoms with van der Waals surface area (Å²) >= 11 is 0. The molecule has 116 valence electrons. The highest BCUT2D eigenvalue weighted by Crippen LogP contribution is 2.40. The molecule has 1 aromatic carbocycles. The number of hydrogen-bond donors (Lipinski definition) is 0. The molecule has 1 aliphatic rings. The second kappa shape index (κ2) is 5.90. The Morgan fingerprint density at radius 3 is 2.10 bits per heavy atom. The van der Waals surface area contributed by atoms with Gasteiger partial charge in [0, 0.05) is 16.6 Å². The van der Waals surface area contributed by atoms with Crippen LogP contribution in [0.4, 0.5) is 0 Å². The van der Waals surface area contributed by atoms with Crippen LogP contribution >= 0.6 is 0 Å². The number of aldehydes is 1. The van der Waals surface area contributed by atoms with E-state index in [1.165, 1.54) is 6.42 Å². The molecule has 0 bridgehead atoms. The lowest BCUT2D eigenvalue weighted by molar-refractivity contribution is -0.304. The van der Waals surface area contributed by atoms with E-state index in [0.717, 1.165) is 24.7 Å². The van der Waals surface area contributed by atoms with E-state index >= 15 is 0 Å². The van der Waals surface area contributed by atoms with Gasteiger partial charge >= 0.3 is 0 Å². The van der Waals surface area contributed by atoms with Gasteiger partial charge in [-0.1, -0.05) is 24.3 Å². The molecule has 1 saturated heterocycles. The van der Waals surface area contributed by atoms with Crippen LogP contribution in [0.3, 0.4) is 0 Å². The Hall–Kier alpha value is -1.19. The van der Waals surface area contributed by atoms with Crippen molar-refractivity contribution in [2.75, 3.05) is 0 Å². The Morgan fingerprint density at radius 1 is 1.10 bits per heavy atom. The van der Waals surface area contributed by atoms with Gasteiger partial charge in [-0.3, -0.25) is 9.63 Å². The zero-order chi connectivity index (χ0) is 15.7. The van der Waals surface area contributed by atoms with Crippen LogP contribution in [0.2, 0.25) is 0 Å². The molecule has 1 heterocycles. The molecule has 3 nitrogen and oxygen atoms in total. The summed E-state index contributed by atoms with van der Waals surface area (Å²) in [7, 11) is 0. The number of hydroxylamine groups is 2. The van der Waals surface area contributed by atoms with E-state index in [0.29, 0.717) is 5.56 Å². The van der Waals surface area contributed by atoms with Gasteiger partial charge < -0.3 is 0 Å². The molecule has 1 aliphatic heterocycles. The molecular weight excluding hydrogens is 262 g/mol. The van der Waals surface area contributed by atoms with Crippen molar-refractivity contribution in [3.8, 4) is 0 Å². The molecular formula is C18H27NO2. The first-order valence-electron chi connectivity index (χ1n) is 7.78. The second-order valence-corrected chi connectivity index (χ2v) is 7.30. The van der Waals surface area contributed by atoms with Crippen LogP contribution in [0.1, 0.15) is 75.9 Å². The first-order valence-corrected chi connectivity index (χ1v) is 7.78. The summed E-state index contributed by atoms with van der Waals surface area (Å²) in [5.74, 6) is 0. The summed E-state index contributed by atoms with van der Waals surface area (Å²) in [6.07, 6.45) is 4.37. The fraction of sp³-hybridized carbons (Fsp3) is 0.611. The summed E-state index contributed by atoms with van der Waals surface area (Å²) in [5.41, 5.74) is 1.87. The van der Waals surface area contributed by atoms with E-state index in [4.69, 9.17) is 4.84 Å². The molecule has 1 unspecified atom stereocenters. The lowest BCUT2D eigenvalue weighted by atomic mass is 9.82. The van der Waals surface area contributed by atoms with Gasteiger partial charge in [-0.25, -0.2) is 0 Å². The first kappa shape index (κ1) is 16.2. The fourth-order valence-corrected chi connectivity index (χ4v) is 3.33. The van der Waals surface area contributed by atoms with Crippen LogP contribution in [0.15, 0.2) is 24.3 Å². The predicted molar refractivity (Wildman–Crippen MR) is 85.2 cm³/mol. The van der Waals surface area contributed by atoms with Crippen LogP contribution in [-0.2, 0) is 4.84 Å². The van der Waals surface area contributed by atoms with Gasteiger partial charge in [-0.05, 0) is 59.4 Å². The topological polar surface area (TPSA) is 29.5 Å². The summed E-state index contributed by atoms with van der Waals surface area (Å²) < 4.78 is 0. The number of carbonyl (C=O) groups excluding carboxylic acids is 1. The molecule has 0 radical (unpaired) electrons. The maximum absolute atomic E-state index is 10.7. The highest BCUT2D eigenvalue weighted by molar-refractivity contribution is 5.74. The number of nitrogens with zero attached hydrogens (tertiary/aromatic N) is 1. The maximum atomic E-state index is 10.7. The van der Waals surface area contributed by atoms with Crippen molar-refractivity contribution < 1.29 is 9.63 Å². The average Bonchev–Trinajstić information content (AvgIpc) is 2.42. The zero-order valence-electron chi connectivity index (χ0n) is 13.8. The Bertz CT molecular complexity index is 474. The van der Waals surface area contributed by atoms with Gasteiger partial charge in [0.05, 0.1) is 0 Å². The van der Waals surface area contributed by atoms with Gasteiger partial charge in [0.25, 0.3) is 0 Å². The van der Waals surface area contributed by atoms with E-state index in [2.05, 4.69) is 39.7 Å². The molecule has 0 aromatic heterocycles. The number of rotatable bonds is 4. The van der Waals surface area contributed by atoms with Crippen molar-refractivity contribution in [3.63, 3.8) is 0 Å². The molecule has 0 N–H and O–H groups in total. The predicted octanol–water partition coefficient (Wildman–Crippen LogP) is 4.53. The van der Waals surface area contributed by atoms with E-state index < -0.39 is 0 Å². The molecule has 1 aromatic rings. The van der Waals surface area contributed by atoms with Crippen molar-refractivity contribution in [3.05, 3.63) is 35.4 Å². The molecule has 3 heteroatoms. The van der Waals surface area contributed by atoms with Crippen molar-refractivity contribution in [1.82, 2.24) is 5.06 Å². The van der Waals surface area contributed by atoms with Crippen LogP contribution < -0.4 is 0 Å². The van der Waals surface area contributed by atoms with Crippen molar-refractivity contribution >= 4 is 6.29 Å². The number of carbonyl (C=O) groups is 1. The Morgan fingerprint density at radius 2 is 1.62 bits per heavy atom. The summed E-state index contributed by atoms with van der Waals surface area (Å²) in [5, 5.41) is 2.18. The lowest BCUT2D eigenvalue weighted by Gasteiger charge is -2.52. The molecule has 21 heavy (non-hydrogen) atoms. The molecule has 0 saturated carbocycles. The van der Waals surface area contributed by atoms with Gasteiger partial charge in [0.15, 0.2) is 0 Å². The zero-order valence-corrected chi connectivity index (χ0v) is 13.8. The van der Waals surface area contributed by atoms with E-state index in [9.17, 15) is 4.79 Å². The SMILES string of the molecule is CC(ON1C(C)(C)CCCC1(C)C)c1ccc(C=O)cc1. The quantitative estimate of drug-likeness (QED) is 0.762. The highest BCUT2D eigenvalue weighted by atomic mass is 16.7. The van der Waals surface area contributed by atoms with Crippen LogP contribution in [0.25, 0.3) is 0 Å². The Labute approximate surface area is 128 Å². The first-order chi connectivity index (χ1) is 9.76. The molecule has 0 spiro atoms. The van der Waals surface area contributed by atoms with Crippen molar-refractivity contribution in [2.24, 2.45) is 0 Å². The van der Waals surface area contributed by atoms with E-state index in [-0.39, 0.29) is 17.2 Å². The lowest BCUT2D eigenvalue weighted by Crippen LogP contribution is -2.58. The summed E-state index contributed by atoms with van der Waals surface area (Å²) in [6, 6.07) is 7.63. The number of piperidine rings is 1. The molecule has 1 atom stereocenters. The Balaban J connectivity index is 2.15. The maximum Gasteiger partial charge on any atom is 0.150 e. The van der Waals surface area contributed by atoms with Crippen molar-refractivity contribution in [1.29, 1.82) is 0 Å². The molecule has 0 amide bonds. The van der Waals surface area contributed by atoms with Gasteiger partial charge in [-0.15, -0.1) is 0 Å². The van der Waals surface area contributed by atoms with Crippen LogP contribution in [0, 0.1) is 0 Å². The van der Waals surface area contributed by atoms with Gasteiger partial charge in [0.1, 0.15) is 12.4 Å². The fourth-order valence-electron chi connectivity index (χ4n) is 3.33. The smallest absolute Gasteiger partial charge is 0.150 e. The number of hydrogen-bond acceptors (Lipinski definition) is 3. The minimum atomic E-state index is -0.0256. The standard InChI is InChI=1S/C18H27NO2/c1-14(16-9-7-15(13-20)8-10-16)21-19-17(2,3)11-6-12-18(19,4)5/h7-10,13-14H,6,11-12H2,1-5H3.